The minimum Gasteiger partial charge on any atom is -0.326 e. The second-order valence-electron chi connectivity index (χ2n) is 7.89. The van der Waals surface area contributed by atoms with Crippen LogP contribution < -0.4 is 5.32 Å². The molecule has 5 nitrogen and oxygen atoms in total. The van der Waals surface area contributed by atoms with Gasteiger partial charge in [0.05, 0.1) is 23.9 Å². The zero-order valence-corrected chi connectivity index (χ0v) is 15.7. The van der Waals surface area contributed by atoms with Crippen molar-refractivity contribution in [1.82, 2.24) is 25.1 Å². The van der Waals surface area contributed by atoms with E-state index in [-0.39, 0.29) is 0 Å². The Morgan fingerprint density at radius 1 is 1.00 bits per heavy atom. The van der Waals surface area contributed by atoms with E-state index in [1.54, 1.807) is 0 Å². The van der Waals surface area contributed by atoms with Gasteiger partial charge in [0, 0.05) is 35.3 Å². The first-order valence-corrected chi connectivity index (χ1v) is 10.3. The molecular formula is C22H27N5. The summed E-state index contributed by atoms with van der Waals surface area (Å²) in [5.41, 5.74) is 6.02. The molecule has 3 aromatic rings. The van der Waals surface area contributed by atoms with Gasteiger partial charge in [0.25, 0.3) is 0 Å². The molecule has 5 rings (SSSR count). The third-order valence-electron chi connectivity index (χ3n) is 6.21. The van der Waals surface area contributed by atoms with Gasteiger partial charge in [-0.3, -0.25) is 5.10 Å². The van der Waals surface area contributed by atoms with E-state index in [0.29, 0.717) is 12.0 Å². The first kappa shape index (κ1) is 16.8. The highest BCUT2D eigenvalue weighted by molar-refractivity contribution is 5.79. The quantitative estimate of drug-likeness (QED) is 0.718. The van der Waals surface area contributed by atoms with Gasteiger partial charge in [0.1, 0.15) is 0 Å². The zero-order valence-electron chi connectivity index (χ0n) is 15.7. The molecule has 0 radical (unpaired) electrons. The highest BCUT2D eigenvalue weighted by Crippen LogP contribution is 2.41. The number of hydrogen-bond acceptors (Lipinski definition) is 3. The molecule has 1 aliphatic carbocycles. The Hall–Kier alpha value is -2.40. The molecule has 2 aromatic heterocycles. The average Bonchev–Trinajstić information content (AvgIpc) is 3.48. The molecule has 2 fully saturated rings. The second-order valence-corrected chi connectivity index (χ2v) is 7.89. The fraction of sp³-hybridized carbons (Fsp3) is 0.455. The molecule has 27 heavy (non-hydrogen) atoms. The normalized spacial score (nSPS) is 21.0. The Balaban J connectivity index is 1.64. The summed E-state index contributed by atoms with van der Waals surface area (Å²) in [4.78, 5) is 4.87. The van der Waals surface area contributed by atoms with Crippen LogP contribution in [0.3, 0.4) is 0 Å². The molecule has 1 saturated carbocycles. The van der Waals surface area contributed by atoms with E-state index in [0.717, 1.165) is 25.2 Å². The van der Waals surface area contributed by atoms with Gasteiger partial charge in [-0.1, -0.05) is 49.6 Å². The van der Waals surface area contributed by atoms with Crippen molar-refractivity contribution in [3.63, 3.8) is 0 Å². The monoisotopic (exact) mass is 361 g/mol. The predicted octanol–water partition coefficient (Wildman–Crippen LogP) is 4.52. The summed E-state index contributed by atoms with van der Waals surface area (Å²) in [6.45, 7) is 2.08. The standard InChI is InChI=1S/C22H27N5/c1-3-7-16(8-4-1)20-19(14-25-26-20)22-21(17-9-5-2-6-10-17)24-15-27(22)18-11-12-23-13-18/h2,5-6,9-10,14-16,18,23H,1,3-4,7-8,11-13H2,(H,25,26)/t18-/m0/s1. The van der Waals surface area contributed by atoms with Gasteiger partial charge in [0.15, 0.2) is 0 Å². The van der Waals surface area contributed by atoms with Crippen LogP contribution in [0.25, 0.3) is 22.5 Å². The zero-order chi connectivity index (χ0) is 18.1. The number of imidazole rings is 1. The smallest absolute Gasteiger partial charge is 0.0964 e. The Morgan fingerprint density at radius 3 is 2.63 bits per heavy atom. The number of benzene rings is 1. The van der Waals surface area contributed by atoms with Crippen LogP contribution in [0.15, 0.2) is 42.9 Å². The van der Waals surface area contributed by atoms with Crippen LogP contribution >= 0.6 is 0 Å². The van der Waals surface area contributed by atoms with Gasteiger partial charge >= 0.3 is 0 Å². The summed E-state index contributed by atoms with van der Waals surface area (Å²) < 4.78 is 2.39. The third-order valence-corrected chi connectivity index (χ3v) is 6.21. The van der Waals surface area contributed by atoms with Crippen LogP contribution in [0.4, 0.5) is 0 Å². The van der Waals surface area contributed by atoms with Gasteiger partial charge < -0.3 is 9.88 Å². The summed E-state index contributed by atoms with van der Waals surface area (Å²) >= 11 is 0. The van der Waals surface area contributed by atoms with E-state index in [9.17, 15) is 0 Å². The van der Waals surface area contributed by atoms with E-state index in [1.165, 1.54) is 54.6 Å². The van der Waals surface area contributed by atoms with Crippen molar-refractivity contribution < 1.29 is 0 Å². The molecule has 0 amide bonds. The number of nitrogens with one attached hydrogen (secondary N) is 2. The maximum Gasteiger partial charge on any atom is 0.0964 e. The van der Waals surface area contributed by atoms with Crippen molar-refractivity contribution in [2.75, 3.05) is 13.1 Å². The molecule has 1 atom stereocenters. The van der Waals surface area contributed by atoms with Crippen molar-refractivity contribution in [3.8, 4) is 22.5 Å². The number of rotatable bonds is 4. The largest absolute Gasteiger partial charge is 0.326 e. The van der Waals surface area contributed by atoms with E-state index in [1.807, 2.05) is 12.5 Å². The Bertz CT molecular complexity index is 883. The number of H-pyrrole nitrogens is 1. The highest BCUT2D eigenvalue weighted by atomic mass is 15.2. The van der Waals surface area contributed by atoms with E-state index >= 15 is 0 Å². The summed E-state index contributed by atoms with van der Waals surface area (Å²) in [6, 6.07) is 11.0. The van der Waals surface area contributed by atoms with Gasteiger partial charge in [-0.2, -0.15) is 5.10 Å². The lowest BCUT2D eigenvalue weighted by Crippen LogP contribution is -2.14. The van der Waals surface area contributed by atoms with Crippen molar-refractivity contribution in [1.29, 1.82) is 0 Å². The molecule has 140 valence electrons. The molecule has 3 heterocycles. The minimum absolute atomic E-state index is 0.457. The van der Waals surface area contributed by atoms with Gasteiger partial charge in [-0.15, -0.1) is 0 Å². The molecular weight excluding hydrogens is 334 g/mol. The van der Waals surface area contributed by atoms with Crippen LogP contribution in [0.1, 0.15) is 56.2 Å². The Kier molecular flexibility index (Phi) is 4.54. The predicted molar refractivity (Wildman–Crippen MR) is 108 cm³/mol. The summed E-state index contributed by atoms with van der Waals surface area (Å²) in [7, 11) is 0. The minimum atomic E-state index is 0.457. The molecule has 1 saturated heterocycles. The maximum absolute atomic E-state index is 4.87. The van der Waals surface area contributed by atoms with Crippen molar-refractivity contribution in [2.24, 2.45) is 0 Å². The molecule has 2 aliphatic rings. The van der Waals surface area contributed by atoms with Crippen LogP contribution in [0.2, 0.25) is 0 Å². The van der Waals surface area contributed by atoms with Crippen LogP contribution in [-0.4, -0.2) is 32.8 Å². The average molecular weight is 361 g/mol. The molecule has 1 aliphatic heterocycles. The van der Waals surface area contributed by atoms with Gasteiger partial charge in [-0.05, 0) is 25.8 Å². The molecule has 0 bridgehead atoms. The van der Waals surface area contributed by atoms with Gasteiger partial charge in [-0.25, -0.2) is 4.98 Å². The Morgan fingerprint density at radius 2 is 1.85 bits per heavy atom. The first-order valence-electron chi connectivity index (χ1n) is 10.3. The second kappa shape index (κ2) is 7.31. The number of aromatic nitrogens is 4. The molecule has 0 unspecified atom stereocenters. The van der Waals surface area contributed by atoms with Crippen molar-refractivity contribution in [3.05, 3.63) is 48.5 Å². The topological polar surface area (TPSA) is 58.5 Å². The number of hydrogen-bond donors (Lipinski definition) is 2. The lowest BCUT2D eigenvalue weighted by molar-refractivity contribution is 0.436. The molecule has 1 aromatic carbocycles. The Labute approximate surface area is 160 Å². The van der Waals surface area contributed by atoms with Crippen molar-refractivity contribution >= 4 is 0 Å². The lowest BCUT2D eigenvalue weighted by atomic mass is 9.85. The third kappa shape index (κ3) is 3.10. The molecule has 0 spiro atoms. The van der Waals surface area contributed by atoms with Gasteiger partial charge in [0.2, 0.25) is 0 Å². The lowest BCUT2D eigenvalue weighted by Gasteiger charge is -2.23. The first-order chi connectivity index (χ1) is 13.4. The van der Waals surface area contributed by atoms with Crippen LogP contribution in [0.5, 0.6) is 0 Å². The van der Waals surface area contributed by atoms with E-state index in [4.69, 9.17) is 4.98 Å². The number of aromatic amines is 1. The van der Waals surface area contributed by atoms with E-state index < -0.39 is 0 Å². The SMILES string of the molecule is c1ccc(-c2ncn([C@H]3CCNC3)c2-c2cn[nH]c2C2CCCCC2)cc1. The fourth-order valence-electron chi connectivity index (χ4n) is 4.78. The fourth-order valence-corrected chi connectivity index (χ4v) is 4.78. The summed E-state index contributed by atoms with van der Waals surface area (Å²) in [5.74, 6) is 0.588. The number of nitrogens with zero attached hydrogens (tertiary/aromatic N) is 3. The van der Waals surface area contributed by atoms with Crippen LogP contribution in [-0.2, 0) is 0 Å². The highest BCUT2D eigenvalue weighted by Gasteiger charge is 2.28. The summed E-state index contributed by atoms with van der Waals surface area (Å²) in [6.07, 6.45) is 11.7. The van der Waals surface area contributed by atoms with Crippen LogP contribution in [0, 0.1) is 0 Å². The maximum atomic E-state index is 4.87. The molecule has 5 heteroatoms. The van der Waals surface area contributed by atoms with Crippen molar-refractivity contribution in [2.45, 2.75) is 50.5 Å². The summed E-state index contributed by atoms with van der Waals surface area (Å²) in [5, 5.41) is 11.3. The van der Waals surface area contributed by atoms with E-state index in [2.05, 4.69) is 50.4 Å². The molecule has 2 N–H and O–H groups in total.